The molecule has 0 radical (unpaired) electrons. The largest absolute Gasteiger partial charge is 0.324 e. The fourth-order valence-corrected chi connectivity index (χ4v) is 3.38. The Morgan fingerprint density at radius 2 is 1.89 bits per heavy atom. The molecule has 1 N–H and O–H groups in total. The van der Waals surface area contributed by atoms with E-state index in [0.29, 0.717) is 5.69 Å². The zero-order chi connectivity index (χ0) is 19.8. The Bertz CT molecular complexity index is 997. The van der Waals surface area contributed by atoms with Crippen molar-refractivity contribution in [3.63, 3.8) is 0 Å². The molecule has 3 amide bonds. The first-order valence-electron chi connectivity index (χ1n) is 8.30. The minimum Gasteiger partial charge on any atom is -0.324 e. The Morgan fingerprint density at radius 3 is 2.61 bits per heavy atom. The minimum absolute atomic E-state index is 0.281. The van der Waals surface area contributed by atoms with Crippen LogP contribution in [0.25, 0.3) is 0 Å². The highest BCUT2D eigenvalue weighted by Crippen LogP contribution is 2.32. The van der Waals surface area contributed by atoms with Gasteiger partial charge < -0.3 is 5.32 Å². The number of fused-ring (bicyclic) bond motifs is 1. The molecule has 2 aliphatic heterocycles. The quantitative estimate of drug-likeness (QED) is 0.731. The van der Waals surface area contributed by atoms with Crippen molar-refractivity contribution in [1.82, 2.24) is 5.01 Å². The summed E-state index contributed by atoms with van der Waals surface area (Å²) >= 11 is 3.30. The van der Waals surface area contributed by atoms with Gasteiger partial charge in [-0.25, -0.2) is 9.29 Å². The summed E-state index contributed by atoms with van der Waals surface area (Å²) < 4.78 is 14.0. The number of rotatable bonds is 4. The van der Waals surface area contributed by atoms with E-state index in [-0.39, 0.29) is 12.2 Å². The van der Waals surface area contributed by atoms with E-state index in [1.54, 1.807) is 24.3 Å². The SMILES string of the molecule is O=C(CN1N=N[C@H]2C(=O)N(c3ccc(Br)cc3)C(=O)[C@@H]21)Nc1cccc(F)c1. The molecule has 2 heterocycles. The molecule has 2 aliphatic rings. The van der Waals surface area contributed by atoms with Gasteiger partial charge in [0.25, 0.3) is 11.8 Å². The maximum absolute atomic E-state index is 13.2. The van der Waals surface area contributed by atoms with E-state index >= 15 is 0 Å². The number of hydrogen-bond acceptors (Lipinski definition) is 6. The lowest BCUT2D eigenvalue weighted by atomic mass is 10.1. The minimum atomic E-state index is -0.988. The van der Waals surface area contributed by atoms with Crippen molar-refractivity contribution in [1.29, 1.82) is 0 Å². The summed E-state index contributed by atoms with van der Waals surface area (Å²) in [5.41, 5.74) is 0.704. The lowest BCUT2D eigenvalue weighted by Gasteiger charge is -2.20. The molecule has 0 aliphatic carbocycles. The summed E-state index contributed by atoms with van der Waals surface area (Å²) in [4.78, 5) is 38.7. The summed E-state index contributed by atoms with van der Waals surface area (Å²) in [5.74, 6) is -1.98. The van der Waals surface area contributed by atoms with Crippen LogP contribution in [0.3, 0.4) is 0 Å². The van der Waals surface area contributed by atoms with E-state index in [1.807, 2.05) is 0 Å². The number of hydrogen-bond donors (Lipinski definition) is 1. The van der Waals surface area contributed by atoms with E-state index in [4.69, 9.17) is 0 Å². The molecule has 2 aromatic rings. The van der Waals surface area contributed by atoms with Crippen LogP contribution in [0.5, 0.6) is 0 Å². The molecule has 0 unspecified atom stereocenters. The van der Waals surface area contributed by atoms with Gasteiger partial charge in [-0.3, -0.25) is 19.4 Å². The standard InChI is InChI=1S/C18H13BrFN5O3/c19-10-4-6-13(7-5-10)25-17(27)15-16(18(25)28)24(23-22-15)9-14(26)21-12-3-1-2-11(20)8-12/h1-8,15-16H,9H2,(H,21,26)/t15-,16-/m1/s1. The molecule has 8 nitrogen and oxygen atoms in total. The van der Waals surface area contributed by atoms with Crippen molar-refractivity contribution >= 4 is 45.0 Å². The second-order valence-corrected chi connectivity index (χ2v) is 7.15. The molecule has 2 aromatic carbocycles. The topological polar surface area (TPSA) is 94.4 Å². The normalized spacial score (nSPS) is 20.6. The van der Waals surface area contributed by atoms with Crippen LogP contribution in [-0.2, 0) is 14.4 Å². The molecule has 0 spiro atoms. The van der Waals surface area contributed by atoms with E-state index in [2.05, 4.69) is 31.6 Å². The van der Waals surface area contributed by atoms with E-state index in [0.717, 1.165) is 9.37 Å². The highest BCUT2D eigenvalue weighted by Gasteiger charge is 2.55. The van der Waals surface area contributed by atoms with Gasteiger partial charge in [0.1, 0.15) is 12.4 Å². The maximum Gasteiger partial charge on any atom is 0.263 e. The number of anilines is 2. The lowest BCUT2D eigenvalue weighted by Crippen LogP contribution is -2.43. The third kappa shape index (κ3) is 3.26. The van der Waals surface area contributed by atoms with Gasteiger partial charge in [0, 0.05) is 10.2 Å². The van der Waals surface area contributed by atoms with Gasteiger partial charge in [0.2, 0.25) is 5.91 Å². The highest BCUT2D eigenvalue weighted by atomic mass is 79.9. The number of nitrogens with zero attached hydrogens (tertiary/aromatic N) is 4. The zero-order valence-corrected chi connectivity index (χ0v) is 15.8. The van der Waals surface area contributed by atoms with Crippen LogP contribution in [0.1, 0.15) is 0 Å². The average molecular weight is 446 g/mol. The van der Waals surface area contributed by atoms with Gasteiger partial charge >= 0.3 is 0 Å². The summed E-state index contributed by atoms with van der Waals surface area (Å²) in [6.07, 6.45) is 0. The predicted octanol–water partition coefficient (Wildman–Crippen LogP) is 2.52. The molecule has 10 heteroatoms. The number of carbonyl (C=O) groups is 3. The Morgan fingerprint density at radius 1 is 1.14 bits per heavy atom. The third-order valence-electron chi connectivity index (χ3n) is 4.36. The smallest absolute Gasteiger partial charge is 0.263 e. The Labute approximate surface area is 167 Å². The van der Waals surface area contributed by atoms with Crippen LogP contribution in [0, 0.1) is 5.82 Å². The van der Waals surface area contributed by atoms with Gasteiger partial charge in [0.05, 0.1) is 5.69 Å². The van der Waals surface area contributed by atoms with Gasteiger partial charge in [-0.2, -0.15) is 5.11 Å². The summed E-state index contributed by atoms with van der Waals surface area (Å²) in [7, 11) is 0. The van der Waals surface area contributed by atoms with Crippen molar-refractivity contribution in [2.75, 3.05) is 16.8 Å². The fraction of sp³-hybridized carbons (Fsp3) is 0.167. The maximum atomic E-state index is 13.2. The number of imide groups is 1. The Balaban J connectivity index is 1.48. The van der Waals surface area contributed by atoms with Gasteiger partial charge in [-0.1, -0.05) is 27.2 Å². The molecule has 0 bridgehead atoms. The number of amides is 3. The van der Waals surface area contributed by atoms with Crippen LogP contribution in [0.15, 0.2) is 63.3 Å². The van der Waals surface area contributed by atoms with Crippen LogP contribution < -0.4 is 10.2 Å². The van der Waals surface area contributed by atoms with Gasteiger partial charge in [-0.15, -0.1) is 0 Å². The Kier molecular flexibility index (Phi) is 4.63. The van der Waals surface area contributed by atoms with Gasteiger partial charge in [-0.05, 0) is 42.5 Å². The van der Waals surface area contributed by atoms with Crippen molar-refractivity contribution in [2.24, 2.45) is 10.3 Å². The molecule has 28 heavy (non-hydrogen) atoms. The number of benzene rings is 2. The molecule has 2 atom stereocenters. The molecule has 0 saturated carbocycles. The second-order valence-electron chi connectivity index (χ2n) is 6.24. The molecule has 142 valence electrons. The van der Waals surface area contributed by atoms with Crippen molar-refractivity contribution < 1.29 is 18.8 Å². The third-order valence-corrected chi connectivity index (χ3v) is 4.89. The summed E-state index contributed by atoms with van der Waals surface area (Å²) in [5, 5.41) is 11.4. The number of halogens is 2. The second kappa shape index (κ2) is 7.12. The van der Waals surface area contributed by atoms with Gasteiger partial charge in [0.15, 0.2) is 12.1 Å². The van der Waals surface area contributed by atoms with Crippen molar-refractivity contribution in [3.05, 3.63) is 58.8 Å². The number of carbonyl (C=O) groups excluding carboxylic acids is 3. The van der Waals surface area contributed by atoms with Crippen molar-refractivity contribution in [2.45, 2.75) is 12.1 Å². The molecule has 1 saturated heterocycles. The molecular formula is C18H13BrFN5O3. The van der Waals surface area contributed by atoms with Crippen LogP contribution >= 0.6 is 15.9 Å². The summed E-state index contributed by atoms with van der Waals surface area (Å²) in [6.45, 7) is -0.297. The van der Waals surface area contributed by atoms with Crippen LogP contribution in [-0.4, -0.2) is 41.4 Å². The first-order chi connectivity index (χ1) is 13.4. The zero-order valence-electron chi connectivity index (χ0n) is 14.3. The van der Waals surface area contributed by atoms with Crippen LogP contribution in [0.4, 0.5) is 15.8 Å². The lowest BCUT2D eigenvalue weighted by molar-refractivity contribution is -0.123. The van der Waals surface area contributed by atoms with Crippen LogP contribution in [0.2, 0.25) is 0 Å². The fourth-order valence-electron chi connectivity index (χ4n) is 3.11. The van der Waals surface area contributed by atoms with E-state index in [9.17, 15) is 18.8 Å². The van der Waals surface area contributed by atoms with E-state index < -0.39 is 35.6 Å². The molecule has 0 aromatic heterocycles. The predicted molar refractivity (Wildman–Crippen MR) is 101 cm³/mol. The number of nitrogens with one attached hydrogen (secondary N) is 1. The average Bonchev–Trinajstić information content (AvgIpc) is 3.16. The first kappa shape index (κ1) is 18.2. The monoisotopic (exact) mass is 445 g/mol. The first-order valence-corrected chi connectivity index (χ1v) is 9.09. The molecule has 4 rings (SSSR count). The molecular weight excluding hydrogens is 433 g/mol. The Hall–Kier alpha value is -3.14. The summed E-state index contributed by atoms with van der Waals surface area (Å²) in [6, 6.07) is 10.2. The van der Waals surface area contributed by atoms with Crippen molar-refractivity contribution in [3.8, 4) is 0 Å². The molecule has 1 fully saturated rings. The highest BCUT2D eigenvalue weighted by molar-refractivity contribution is 9.10. The van der Waals surface area contributed by atoms with E-state index in [1.165, 1.54) is 29.3 Å².